The van der Waals surface area contributed by atoms with Crippen molar-refractivity contribution in [2.24, 2.45) is 0 Å². The number of alkyl halides is 6. The van der Waals surface area contributed by atoms with Crippen LogP contribution in [-0.2, 0) is 17.8 Å². The van der Waals surface area contributed by atoms with Crippen molar-refractivity contribution < 1.29 is 26.3 Å². The maximum Gasteiger partial charge on any atom is 0.431 e. The standard InChI is InChI=1S/C15H14F6N2/c1-13(2,3)8-4-5-22-10(6-8)12-9(14(16,17)18)7-11(23-12)15(19,20)21/h4-7,23H,1-3H3. The van der Waals surface area contributed by atoms with Crippen LogP contribution in [0.15, 0.2) is 24.4 Å². The molecule has 0 spiro atoms. The van der Waals surface area contributed by atoms with E-state index < -0.39 is 29.3 Å². The molecule has 0 bridgehead atoms. The van der Waals surface area contributed by atoms with Crippen molar-refractivity contribution in [1.29, 1.82) is 0 Å². The normalized spacial score (nSPS) is 13.4. The molecule has 0 unspecified atom stereocenters. The number of hydrogen-bond acceptors (Lipinski definition) is 1. The summed E-state index contributed by atoms with van der Waals surface area (Å²) in [6.07, 6.45) is -8.54. The van der Waals surface area contributed by atoms with Crippen LogP contribution in [0.25, 0.3) is 11.4 Å². The summed E-state index contributed by atoms with van der Waals surface area (Å²) in [4.78, 5) is 5.61. The fraction of sp³-hybridized carbons (Fsp3) is 0.400. The second-order valence-electron chi connectivity index (χ2n) is 6.15. The second-order valence-corrected chi connectivity index (χ2v) is 6.15. The lowest BCUT2D eigenvalue weighted by molar-refractivity contribution is -0.142. The van der Waals surface area contributed by atoms with E-state index in [1.54, 1.807) is 6.07 Å². The van der Waals surface area contributed by atoms with E-state index in [4.69, 9.17) is 0 Å². The monoisotopic (exact) mass is 336 g/mol. The number of nitrogens with zero attached hydrogens (tertiary/aromatic N) is 1. The van der Waals surface area contributed by atoms with Crippen LogP contribution in [-0.4, -0.2) is 9.97 Å². The molecule has 2 nitrogen and oxygen atoms in total. The molecule has 0 aromatic carbocycles. The Morgan fingerprint density at radius 1 is 0.913 bits per heavy atom. The van der Waals surface area contributed by atoms with Crippen LogP contribution in [0, 0.1) is 0 Å². The lowest BCUT2D eigenvalue weighted by atomic mass is 9.87. The average molecular weight is 336 g/mol. The molecule has 0 amide bonds. The Bertz CT molecular complexity index is 704. The molecule has 2 heterocycles. The topological polar surface area (TPSA) is 28.7 Å². The number of rotatable bonds is 1. The van der Waals surface area contributed by atoms with Crippen molar-refractivity contribution in [3.05, 3.63) is 41.2 Å². The van der Waals surface area contributed by atoms with Gasteiger partial charge >= 0.3 is 12.4 Å². The summed E-state index contributed by atoms with van der Waals surface area (Å²) in [5, 5.41) is 0. The van der Waals surface area contributed by atoms with Crippen LogP contribution >= 0.6 is 0 Å². The first-order valence-corrected chi connectivity index (χ1v) is 6.64. The van der Waals surface area contributed by atoms with Crippen LogP contribution in [0.4, 0.5) is 26.3 Å². The Morgan fingerprint density at radius 2 is 1.52 bits per heavy atom. The van der Waals surface area contributed by atoms with E-state index >= 15 is 0 Å². The predicted molar refractivity (Wildman–Crippen MR) is 72.7 cm³/mol. The molecule has 2 rings (SSSR count). The van der Waals surface area contributed by atoms with Gasteiger partial charge in [0.15, 0.2) is 0 Å². The third kappa shape index (κ3) is 3.68. The van der Waals surface area contributed by atoms with Gasteiger partial charge in [-0.15, -0.1) is 0 Å². The summed E-state index contributed by atoms with van der Waals surface area (Å²) in [5.74, 6) is 0. The SMILES string of the molecule is CC(C)(C)c1ccnc(-c2[nH]c(C(F)(F)F)cc2C(F)(F)F)c1. The zero-order chi connectivity index (χ0) is 17.6. The molecule has 0 aliphatic rings. The molecule has 0 atom stereocenters. The maximum absolute atomic E-state index is 13.1. The van der Waals surface area contributed by atoms with Gasteiger partial charge in [-0.05, 0) is 29.2 Å². The number of aromatic amines is 1. The van der Waals surface area contributed by atoms with Gasteiger partial charge in [-0.1, -0.05) is 20.8 Å². The van der Waals surface area contributed by atoms with E-state index in [-0.39, 0.29) is 17.2 Å². The molecule has 23 heavy (non-hydrogen) atoms. The minimum absolute atomic E-state index is 0.0702. The smallest absolute Gasteiger partial charge is 0.349 e. The highest BCUT2D eigenvalue weighted by Gasteiger charge is 2.41. The number of nitrogens with one attached hydrogen (secondary N) is 1. The molecule has 0 aliphatic heterocycles. The number of halogens is 6. The van der Waals surface area contributed by atoms with Gasteiger partial charge in [0, 0.05) is 6.20 Å². The molecule has 2 aromatic heterocycles. The van der Waals surface area contributed by atoms with Crippen molar-refractivity contribution in [2.45, 2.75) is 38.5 Å². The van der Waals surface area contributed by atoms with Gasteiger partial charge in [0.2, 0.25) is 0 Å². The Labute approximate surface area is 128 Å². The largest absolute Gasteiger partial charge is 0.431 e. The summed E-state index contributed by atoms with van der Waals surface area (Å²) in [6, 6.07) is 3.05. The first-order chi connectivity index (χ1) is 10.3. The van der Waals surface area contributed by atoms with Crippen molar-refractivity contribution in [2.75, 3.05) is 0 Å². The van der Waals surface area contributed by atoms with Crippen LogP contribution < -0.4 is 0 Å². The van der Waals surface area contributed by atoms with E-state index in [1.165, 1.54) is 12.3 Å². The summed E-state index contributed by atoms with van der Waals surface area (Å²) in [7, 11) is 0. The molecule has 0 fully saturated rings. The van der Waals surface area contributed by atoms with Gasteiger partial charge in [-0.3, -0.25) is 4.98 Å². The fourth-order valence-corrected chi connectivity index (χ4v) is 2.07. The third-order valence-electron chi connectivity index (χ3n) is 3.31. The van der Waals surface area contributed by atoms with Crippen LogP contribution in [0.1, 0.15) is 37.6 Å². The molecule has 1 N–H and O–H groups in total. The van der Waals surface area contributed by atoms with Gasteiger partial charge < -0.3 is 4.98 Å². The lowest BCUT2D eigenvalue weighted by Gasteiger charge is -2.19. The minimum atomic E-state index is -4.92. The zero-order valence-corrected chi connectivity index (χ0v) is 12.5. The summed E-state index contributed by atoms with van der Waals surface area (Å²) >= 11 is 0. The predicted octanol–water partition coefficient (Wildman–Crippen LogP) is 5.41. The molecule has 0 saturated heterocycles. The molecular weight excluding hydrogens is 322 g/mol. The van der Waals surface area contributed by atoms with Crippen molar-refractivity contribution >= 4 is 0 Å². The van der Waals surface area contributed by atoms with Crippen molar-refractivity contribution in [3.63, 3.8) is 0 Å². The number of pyridine rings is 1. The van der Waals surface area contributed by atoms with Gasteiger partial charge in [0.05, 0.1) is 17.0 Å². The highest BCUT2D eigenvalue weighted by atomic mass is 19.4. The van der Waals surface area contributed by atoms with Crippen LogP contribution in [0.3, 0.4) is 0 Å². The molecule has 8 heteroatoms. The minimum Gasteiger partial charge on any atom is -0.349 e. The first kappa shape index (κ1) is 17.4. The van der Waals surface area contributed by atoms with E-state index in [0.29, 0.717) is 5.56 Å². The van der Waals surface area contributed by atoms with Crippen LogP contribution in [0.2, 0.25) is 0 Å². The average Bonchev–Trinajstić information content (AvgIpc) is 2.82. The van der Waals surface area contributed by atoms with E-state index in [2.05, 4.69) is 4.98 Å². The molecule has 2 aromatic rings. The molecule has 0 radical (unpaired) electrons. The Hall–Kier alpha value is -1.99. The van der Waals surface area contributed by atoms with E-state index in [0.717, 1.165) is 0 Å². The van der Waals surface area contributed by atoms with Crippen LogP contribution in [0.5, 0.6) is 0 Å². The highest BCUT2D eigenvalue weighted by molar-refractivity contribution is 5.62. The number of hydrogen-bond donors (Lipinski definition) is 1. The Morgan fingerprint density at radius 3 is 2.00 bits per heavy atom. The number of aromatic nitrogens is 2. The molecule has 0 aliphatic carbocycles. The summed E-state index contributed by atoms with van der Waals surface area (Å²) in [5.41, 5.74) is -3.42. The van der Waals surface area contributed by atoms with Gasteiger partial charge in [0.1, 0.15) is 5.69 Å². The molecule has 126 valence electrons. The molecular formula is C15H14F6N2. The van der Waals surface area contributed by atoms with E-state index in [9.17, 15) is 26.3 Å². The Balaban J connectivity index is 2.66. The third-order valence-corrected chi connectivity index (χ3v) is 3.31. The quantitative estimate of drug-likeness (QED) is 0.693. The Kier molecular flexibility index (Phi) is 3.99. The van der Waals surface area contributed by atoms with Gasteiger partial charge in [-0.2, -0.15) is 26.3 Å². The maximum atomic E-state index is 13.1. The highest BCUT2D eigenvalue weighted by Crippen LogP contribution is 2.41. The van der Waals surface area contributed by atoms with Gasteiger partial charge in [-0.25, -0.2) is 0 Å². The summed E-state index contributed by atoms with van der Waals surface area (Å²) in [6.45, 7) is 5.52. The first-order valence-electron chi connectivity index (χ1n) is 6.64. The van der Waals surface area contributed by atoms with Crippen molar-refractivity contribution in [1.82, 2.24) is 9.97 Å². The van der Waals surface area contributed by atoms with Crippen molar-refractivity contribution in [3.8, 4) is 11.4 Å². The lowest BCUT2D eigenvalue weighted by Crippen LogP contribution is -2.12. The number of H-pyrrole nitrogens is 1. The second kappa shape index (κ2) is 5.28. The van der Waals surface area contributed by atoms with E-state index in [1.807, 2.05) is 25.8 Å². The zero-order valence-electron chi connectivity index (χ0n) is 12.5. The molecule has 0 saturated carbocycles. The summed E-state index contributed by atoms with van der Waals surface area (Å²) < 4.78 is 77.4. The van der Waals surface area contributed by atoms with Gasteiger partial charge in [0.25, 0.3) is 0 Å². The fourth-order valence-electron chi connectivity index (χ4n) is 2.07.